The molecule has 20 heavy (non-hydrogen) atoms. The molecule has 0 atom stereocenters. The molecule has 0 fully saturated rings. The molecule has 0 aliphatic heterocycles. The number of pyridine rings is 1. The SMILES string of the molecule is N#CCCN(Cc1nc(Cl)ccc1Cl)c1ccccc1. The van der Waals surface area contributed by atoms with Crippen molar-refractivity contribution in [3.8, 4) is 6.07 Å². The van der Waals surface area contributed by atoms with E-state index in [0.717, 1.165) is 5.69 Å². The lowest BCUT2D eigenvalue weighted by Crippen LogP contribution is -2.24. The molecule has 0 saturated carbocycles. The molecule has 0 unspecified atom stereocenters. The van der Waals surface area contributed by atoms with Crippen molar-refractivity contribution in [2.75, 3.05) is 11.4 Å². The molecule has 2 rings (SSSR count). The number of anilines is 1. The number of aromatic nitrogens is 1. The molecule has 0 radical (unpaired) electrons. The summed E-state index contributed by atoms with van der Waals surface area (Å²) in [5.74, 6) is 0. The maximum atomic E-state index is 8.79. The van der Waals surface area contributed by atoms with Gasteiger partial charge in [0.2, 0.25) is 0 Å². The van der Waals surface area contributed by atoms with E-state index in [-0.39, 0.29) is 0 Å². The van der Waals surface area contributed by atoms with Crippen molar-refractivity contribution < 1.29 is 0 Å². The molecule has 1 aromatic heterocycles. The number of nitriles is 1. The van der Waals surface area contributed by atoms with Crippen LogP contribution in [0, 0.1) is 11.3 Å². The molecule has 0 bridgehead atoms. The molecule has 0 saturated heterocycles. The summed E-state index contributed by atoms with van der Waals surface area (Å²) in [6.07, 6.45) is 0.438. The second-order valence-corrected chi connectivity index (χ2v) is 5.02. The van der Waals surface area contributed by atoms with E-state index in [4.69, 9.17) is 28.5 Å². The average molecular weight is 306 g/mol. The largest absolute Gasteiger partial charge is 0.365 e. The van der Waals surface area contributed by atoms with Crippen LogP contribution >= 0.6 is 23.2 Å². The first-order chi connectivity index (χ1) is 9.70. The van der Waals surface area contributed by atoms with E-state index < -0.39 is 0 Å². The predicted molar refractivity (Wildman–Crippen MR) is 82.0 cm³/mol. The van der Waals surface area contributed by atoms with Crippen LogP contribution in [0.2, 0.25) is 10.2 Å². The van der Waals surface area contributed by atoms with Gasteiger partial charge in [-0.2, -0.15) is 5.26 Å². The van der Waals surface area contributed by atoms with Gasteiger partial charge in [-0.1, -0.05) is 41.4 Å². The molecular formula is C15H13Cl2N3. The first kappa shape index (κ1) is 14.6. The lowest BCUT2D eigenvalue weighted by atomic mass is 10.2. The van der Waals surface area contributed by atoms with E-state index in [1.165, 1.54) is 0 Å². The van der Waals surface area contributed by atoms with Crippen molar-refractivity contribution in [1.29, 1.82) is 5.26 Å². The van der Waals surface area contributed by atoms with Gasteiger partial charge in [0.05, 0.1) is 29.8 Å². The molecular weight excluding hydrogens is 293 g/mol. The van der Waals surface area contributed by atoms with E-state index in [1.54, 1.807) is 12.1 Å². The molecule has 0 N–H and O–H groups in total. The van der Waals surface area contributed by atoms with Gasteiger partial charge in [0.25, 0.3) is 0 Å². The Bertz CT molecular complexity index is 608. The first-order valence-electron chi connectivity index (χ1n) is 6.18. The van der Waals surface area contributed by atoms with Crippen LogP contribution in [-0.4, -0.2) is 11.5 Å². The number of rotatable bonds is 5. The summed E-state index contributed by atoms with van der Waals surface area (Å²) >= 11 is 12.1. The lowest BCUT2D eigenvalue weighted by Gasteiger charge is -2.23. The molecule has 3 nitrogen and oxygen atoms in total. The summed E-state index contributed by atoms with van der Waals surface area (Å²) < 4.78 is 0. The van der Waals surface area contributed by atoms with Gasteiger partial charge in [0, 0.05) is 12.2 Å². The van der Waals surface area contributed by atoms with Gasteiger partial charge in [-0.25, -0.2) is 4.98 Å². The number of para-hydroxylation sites is 1. The fourth-order valence-corrected chi connectivity index (χ4v) is 2.20. The lowest BCUT2D eigenvalue weighted by molar-refractivity contribution is 0.781. The van der Waals surface area contributed by atoms with E-state index >= 15 is 0 Å². The highest BCUT2D eigenvalue weighted by Crippen LogP contribution is 2.22. The summed E-state index contributed by atoms with van der Waals surface area (Å²) in [7, 11) is 0. The van der Waals surface area contributed by atoms with E-state index in [9.17, 15) is 0 Å². The monoisotopic (exact) mass is 305 g/mol. The van der Waals surface area contributed by atoms with Crippen LogP contribution < -0.4 is 4.90 Å². The molecule has 0 amide bonds. The van der Waals surface area contributed by atoms with Gasteiger partial charge in [0.15, 0.2) is 0 Å². The standard InChI is InChI=1S/C15H13Cl2N3/c16-13-7-8-15(17)19-14(13)11-20(10-4-9-18)12-5-2-1-3-6-12/h1-3,5-8H,4,10-11H2. The van der Waals surface area contributed by atoms with E-state index in [2.05, 4.69) is 16.0 Å². The number of hydrogen-bond acceptors (Lipinski definition) is 3. The Hall–Kier alpha value is -1.76. The van der Waals surface area contributed by atoms with Gasteiger partial charge >= 0.3 is 0 Å². The van der Waals surface area contributed by atoms with Crippen LogP contribution in [0.3, 0.4) is 0 Å². The normalized spacial score (nSPS) is 10.1. The second-order valence-electron chi connectivity index (χ2n) is 4.23. The molecule has 0 aliphatic rings. The number of benzene rings is 1. The van der Waals surface area contributed by atoms with Crippen LogP contribution in [0.4, 0.5) is 5.69 Å². The Balaban J connectivity index is 2.24. The zero-order valence-electron chi connectivity index (χ0n) is 10.8. The fraction of sp³-hybridized carbons (Fsp3) is 0.200. The summed E-state index contributed by atoms with van der Waals surface area (Å²) in [6, 6.07) is 15.4. The minimum absolute atomic E-state index is 0.415. The van der Waals surface area contributed by atoms with Crippen molar-refractivity contribution in [2.45, 2.75) is 13.0 Å². The zero-order valence-corrected chi connectivity index (χ0v) is 12.3. The number of halogens is 2. The van der Waals surface area contributed by atoms with Crippen molar-refractivity contribution >= 4 is 28.9 Å². The molecule has 1 aromatic carbocycles. The minimum atomic E-state index is 0.415. The first-order valence-corrected chi connectivity index (χ1v) is 6.94. The Labute approximate surface area is 128 Å². The molecule has 2 aromatic rings. The summed E-state index contributed by atoms with van der Waals surface area (Å²) in [5, 5.41) is 9.78. The predicted octanol–water partition coefficient (Wildman–Crippen LogP) is 4.31. The van der Waals surface area contributed by atoms with Crippen LogP contribution in [-0.2, 0) is 6.54 Å². The van der Waals surface area contributed by atoms with Gasteiger partial charge in [-0.3, -0.25) is 0 Å². The third-order valence-electron chi connectivity index (χ3n) is 2.84. The van der Waals surface area contributed by atoms with Gasteiger partial charge in [-0.05, 0) is 24.3 Å². The second kappa shape index (κ2) is 7.14. The smallest absolute Gasteiger partial charge is 0.129 e. The third kappa shape index (κ3) is 3.86. The Morgan fingerprint density at radius 2 is 1.85 bits per heavy atom. The van der Waals surface area contributed by atoms with E-state index in [0.29, 0.717) is 35.4 Å². The maximum absolute atomic E-state index is 8.79. The topological polar surface area (TPSA) is 39.9 Å². The Morgan fingerprint density at radius 3 is 2.55 bits per heavy atom. The number of nitrogens with zero attached hydrogens (tertiary/aromatic N) is 3. The summed E-state index contributed by atoms with van der Waals surface area (Å²) in [6.45, 7) is 1.14. The Morgan fingerprint density at radius 1 is 1.10 bits per heavy atom. The highest BCUT2D eigenvalue weighted by atomic mass is 35.5. The molecule has 0 spiro atoms. The quantitative estimate of drug-likeness (QED) is 0.773. The highest BCUT2D eigenvalue weighted by Gasteiger charge is 2.11. The third-order valence-corrected chi connectivity index (χ3v) is 3.39. The molecule has 5 heteroatoms. The van der Waals surface area contributed by atoms with Crippen LogP contribution in [0.1, 0.15) is 12.1 Å². The zero-order chi connectivity index (χ0) is 14.4. The molecule has 0 aliphatic carbocycles. The van der Waals surface area contributed by atoms with E-state index in [1.807, 2.05) is 30.3 Å². The Kier molecular flexibility index (Phi) is 5.23. The van der Waals surface area contributed by atoms with Crippen molar-refractivity contribution in [2.24, 2.45) is 0 Å². The van der Waals surface area contributed by atoms with Crippen molar-refractivity contribution in [3.05, 3.63) is 58.3 Å². The van der Waals surface area contributed by atoms with Crippen molar-refractivity contribution in [1.82, 2.24) is 4.98 Å². The van der Waals surface area contributed by atoms with Crippen molar-refractivity contribution in [3.63, 3.8) is 0 Å². The number of hydrogen-bond donors (Lipinski definition) is 0. The van der Waals surface area contributed by atoms with Crippen LogP contribution in [0.5, 0.6) is 0 Å². The van der Waals surface area contributed by atoms with Gasteiger partial charge in [0.1, 0.15) is 5.15 Å². The van der Waals surface area contributed by atoms with Gasteiger partial charge in [-0.15, -0.1) is 0 Å². The minimum Gasteiger partial charge on any atom is -0.365 e. The molecule has 102 valence electrons. The highest BCUT2D eigenvalue weighted by molar-refractivity contribution is 6.32. The van der Waals surface area contributed by atoms with Gasteiger partial charge < -0.3 is 4.90 Å². The van der Waals surface area contributed by atoms with Crippen LogP contribution in [0.25, 0.3) is 0 Å². The van der Waals surface area contributed by atoms with Crippen LogP contribution in [0.15, 0.2) is 42.5 Å². The summed E-state index contributed by atoms with van der Waals surface area (Å²) in [4.78, 5) is 6.32. The maximum Gasteiger partial charge on any atom is 0.129 e. The summed E-state index contributed by atoms with van der Waals surface area (Å²) in [5.41, 5.74) is 1.74. The molecule has 1 heterocycles. The fourth-order valence-electron chi connectivity index (χ4n) is 1.87. The average Bonchev–Trinajstić information content (AvgIpc) is 2.48.